The molecule has 0 N–H and O–H groups in total. The van der Waals surface area contributed by atoms with E-state index in [1.807, 2.05) is 41.5 Å². The lowest BCUT2D eigenvalue weighted by molar-refractivity contribution is 0.139. The summed E-state index contributed by atoms with van der Waals surface area (Å²) in [6.45, 7) is 10.4. The smallest absolute Gasteiger partial charge is 0.0949 e. The summed E-state index contributed by atoms with van der Waals surface area (Å²) in [6.07, 6.45) is 1.83. The molecule has 6 heteroatoms. The third-order valence-corrected chi connectivity index (χ3v) is 3.99. The van der Waals surface area contributed by atoms with Crippen molar-refractivity contribution in [3.05, 3.63) is 65.0 Å². The van der Waals surface area contributed by atoms with Crippen LogP contribution in [0.15, 0.2) is 36.5 Å². The van der Waals surface area contributed by atoms with Gasteiger partial charge >= 0.3 is 0 Å². The number of pyridine rings is 1. The molecule has 3 aromatic heterocycles. The fraction of sp³-hybridized carbons (Fsp3) is 0.389. The summed E-state index contributed by atoms with van der Waals surface area (Å²) in [5, 5.41) is 9.17. The lowest BCUT2D eigenvalue weighted by Crippen LogP contribution is -2.30. The van der Waals surface area contributed by atoms with Crippen LogP contribution in [0.2, 0.25) is 0 Å². The van der Waals surface area contributed by atoms with Crippen molar-refractivity contribution in [2.24, 2.45) is 0 Å². The molecular formula is C18H24N6. The molecule has 0 bridgehead atoms. The number of rotatable bonds is 6. The fourth-order valence-corrected chi connectivity index (χ4v) is 2.88. The van der Waals surface area contributed by atoms with E-state index >= 15 is 0 Å². The molecule has 0 aliphatic heterocycles. The summed E-state index contributed by atoms with van der Waals surface area (Å²) < 4.78 is 4.06. The molecule has 0 spiro atoms. The van der Waals surface area contributed by atoms with E-state index in [1.165, 1.54) is 0 Å². The van der Waals surface area contributed by atoms with Crippen LogP contribution in [0.25, 0.3) is 0 Å². The van der Waals surface area contributed by atoms with E-state index in [0.717, 1.165) is 35.0 Å². The minimum absolute atomic E-state index is 0.703. The minimum Gasteiger partial charge on any atom is -0.260 e. The molecule has 3 rings (SSSR count). The Kier molecular flexibility index (Phi) is 4.76. The summed E-state index contributed by atoms with van der Waals surface area (Å²) in [4.78, 5) is 6.75. The Morgan fingerprint density at radius 3 is 1.88 bits per heavy atom. The summed E-state index contributed by atoms with van der Waals surface area (Å²) in [5.74, 6) is 0. The maximum atomic E-state index is 4.59. The molecule has 0 aliphatic carbocycles. The zero-order valence-electron chi connectivity index (χ0n) is 14.8. The highest BCUT2D eigenvalue weighted by Gasteiger charge is 2.13. The van der Waals surface area contributed by atoms with Gasteiger partial charge in [0.05, 0.1) is 30.4 Å². The average molecular weight is 324 g/mol. The van der Waals surface area contributed by atoms with Gasteiger partial charge in [0.1, 0.15) is 0 Å². The summed E-state index contributed by atoms with van der Waals surface area (Å²) >= 11 is 0. The highest BCUT2D eigenvalue weighted by Crippen LogP contribution is 2.10. The van der Waals surface area contributed by atoms with E-state index in [-0.39, 0.29) is 0 Å². The van der Waals surface area contributed by atoms with Gasteiger partial charge in [0.15, 0.2) is 0 Å². The Bertz CT molecular complexity index is 754. The van der Waals surface area contributed by atoms with Gasteiger partial charge in [-0.2, -0.15) is 10.2 Å². The van der Waals surface area contributed by atoms with E-state index in [9.17, 15) is 0 Å². The van der Waals surface area contributed by atoms with Gasteiger partial charge in [-0.3, -0.25) is 19.2 Å². The van der Waals surface area contributed by atoms with Crippen molar-refractivity contribution in [2.75, 3.05) is 0 Å². The maximum Gasteiger partial charge on any atom is 0.0949 e. The molecule has 3 heterocycles. The third kappa shape index (κ3) is 3.89. The monoisotopic (exact) mass is 324 g/mol. The first kappa shape index (κ1) is 16.4. The largest absolute Gasteiger partial charge is 0.260 e. The Morgan fingerprint density at radius 1 is 0.875 bits per heavy atom. The normalized spacial score (nSPS) is 11.4. The van der Waals surface area contributed by atoms with Crippen LogP contribution in [0.1, 0.15) is 28.5 Å². The molecule has 0 saturated carbocycles. The Morgan fingerprint density at radius 2 is 1.46 bits per heavy atom. The van der Waals surface area contributed by atoms with Gasteiger partial charge < -0.3 is 0 Å². The van der Waals surface area contributed by atoms with E-state index in [0.29, 0.717) is 13.3 Å². The third-order valence-electron chi connectivity index (χ3n) is 3.99. The Labute approximate surface area is 142 Å². The number of hydrogen-bond donors (Lipinski definition) is 0. The summed E-state index contributed by atoms with van der Waals surface area (Å²) in [7, 11) is 0. The van der Waals surface area contributed by atoms with E-state index in [2.05, 4.69) is 52.1 Å². The molecule has 0 aliphatic rings. The van der Waals surface area contributed by atoms with Crippen LogP contribution >= 0.6 is 0 Å². The zero-order chi connectivity index (χ0) is 17.1. The number of aryl methyl sites for hydroxylation is 4. The van der Waals surface area contributed by atoms with Crippen molar-refractivity contribution in [2.45, 2.75) is 47.6 Å². The first-order chi connectivity index (χ1) is 11.5. The fourth-order valence-electron chi connectivity index (χ4n) is 2.88. The summed E-state index contributed by atoms with van der Waals surface area (Å²) in [5.41, 5.74) is 5.44. The average Bonchev–Trinajstić information content (AvgIpc) is 3.01. The maximum absolute atomic E-state index is 4.59. The number of nitrogens with zero attached hydrogens (tertiary/aromatic N) is 6. The van der Waals surface area contributed by atoms with Crippen LogP contribution in [-0.4, -0.2) is 29.4 Å². The molecule has 0 unspecified atom stereocenters. The van der Waals surface area contributed by atoms with Crippen molar-refractivity contribution in [3.8, 4) is 0 Å². The van der Waals surface area contributed by atoms with Gasteiger partial charge in [0.2, 0.25) is 0 Å². The second-order valence-corrected chi connectivity index (χ2v) is 6.29. The van der Waals surface area contributed by atoms with E-state index in [4.69, 9.17) is 0 Å². The second kappa shape index (κ2) is 6.97. The van der Waals surface area contributed by atoms with Crippen LogP contribution in [0, 0.1) is 27.7 Å². The first-order valence-electron chi connectivity index (χ1n) is 8.15. The minimum atomic E-state index is 0.703. The standard InChI is InChI=1S/C18H24N6/c1-14-9-16(3)23(20-14)12-22(11-18-7-5-6-8-19-18)13-24-17(4)10-15(2)21-24/h5-10H,11-13H2,1-4H3. The van der Waals surface area contributed by atoms with Crippen LogP contribution in [0.4, 0.5) is 0 Å². The van der Waals surface area contributed by atoms with E-state index < -0.39 is 0 Å². The van der Waals surface area contributed by atoms with Gasteiger partial charge in [0, 0.05) is 24.1 Å². The molecule has 0 atom stereocenters. The molecule has 3 aromatic rings. The summed E-state index contributed by atoms with van der Waals surface area (Å²) in [6, 6.07) is 10.2. The van der Waals surface area contributed by atoms with Crippen LogP contribution in [0.3, 0.4) is 0 Å². The highest BCUT2D eigenvalue weighted by molar-refractivity contribution is 5.08. The van der Waals surface area contributed by atoms with Crippen molar-refractivity contribution >= 4 is 0 Å². The van der Waals surface area contributed by atoms with Crippen LogP contribution < -0.4 is 0 Å². The van der Waals surface area contributed by atoms with Gasteiger partial charge in [-0.05, 0) is 52.0 Å². The van der Waals surface area contributed by atoms with Crippen molar-refractivity contribution in [3.63, 3.8) is 0 Å². The van der Waals surface area contributed by atoms with Gasteiger partial charge in [-0.1, -0.05) is 6.07 Å². The topological polar surface area (TPSA) is 51.8 Å². The lowest BCUT2D eigenvalue weighted by atomic mass is 10.3. The zero-order valence-corrected chi connectivity index (χ0v) is 14.8. The molecule has 6 nitrogen and oxygen atoms in total. The predicted molar refractivity (Wildman–Crippen MR) is 93.2 cm³/mol. The lowest BCUT2D eigenvalue weighted by Gasteiger charge is -2.23. The van der Waals surface area contributed by atoms with Crippen molar-refractivity contribution in [1.82, 2.24) is 29.4 Å². The quantitative estimate of drug-likeness (QED) is 0.699. The molecular weight excluding hydrogens is 300 g/mol. The van der Waals surface area contributed by atoms with Gasteiger partial charge in [0.25, 0.3) is 0 Å². The SMILES string of the molecule is Cc1cc(C)n(CN(Cc2ccccn2)Cn2nc(C)cc2C)n1. The molecule has 0 fully saturated rings. The molecule has 0 radical (unpaired) electrons. The Hall–Kier alpha value is -2.47. The molecule has 0 aromatic carbocycles. The molecule has 126 valence electrons. The Balaban J connectivity index is 1.82. The highest BCUT2D eigenvalue weighted by atomic mass is 15.4. The number of aromatic nitrogens is 5. The van der Waals surface area contributed by atoms with Crippen LogP contribution in [0.5, 0.6) is 0 Å². The van der Waals surface area contributed by atoms with Crippen molar-refractivity contribution < 1.29 is 0 Å². The first-order valence-corrected chi connectivity index (χ1v) is 8.15. The van der Waals surface area contributed by atoms with E-state index in [1.54, 1.807) is 0 Å². The number of hydrogen-bond acceptors (Lipinski definition) is 4. The van der Waals surface area contributed by atoms with Gasteiger partial charge in [-0.25, -0.2) is 0 Å². The predicted octanol–water partition coefficient (Wildman–Crippen LogP) is 2.83. The second-order valence-electron chi connectivity index (χ2n) is 6.29. The van der Waals surface area contributed by atoms with Crippen molar-refractivity contribution in [1.29, 1.82) is 0 Å². The molecule has 0 amide bonds. The van der Waals surface area contributed by atoms with Gasteiger partial charge in [-0.15, -0.1) is 0 Å². The molecule has 24 heavy (non-hydrogen) atoms. The molecule has 0 saturated heterocycles. The van der Waals surface area contributed by atoms with Crippen LogP contribution in [-0.2, 0) is 19.9 Å².